The Morgan fingerprint density at radius 3 is 2.47 bits per heavy atom. The number of carbonyl (C=O) groups is 2. The molecular weight excluding hydrogens is 248 g/mol. The molecule has 4 N–H and O–H groups in total. The van der Waals surface area contributed by atoms with Crippen LogP contribution >= 0.6 is 0 Å². The predicted octanol–water partition coefficient (Wildman–Crippen LogP) is 0.748. The lowest BCUT2D eigenvalue weighted by atomic mass is 9.94. The van der Waals surface area contributed by atoms with Gasteiger partial charge in [0.15, 0.2) is 0 Å². The van der Waals surface area contributed by atoms with E-state index in [0.717, 1.165) is 19.3 Å². The summed E-state index contributed by atoms with van der Waals surface area (Å²) >= 11 is 0. The first-order valence-electron chi connectivity index (χ1n) is 6.77. The fourth-order valence-electron chi connectivity index (χ4n) is 1.99. The second-order valence-corrected chi connectivity index (χ2v) is 4.63. The molecule has 0 aliphatic heterocycles. The van der Waals surface area contributed by atoms with Gasteiger partial charge in [-0.3, -0.25) is 9.59 Å². The minimum atomic E-state index is -0.771. The molecule has 19 heavy (non-hydrogen) atoms. The molecule has 0 aliphatic rings. The standard InChI is InChI=1S/C13H26N2O4/c1-3-4-10(5-6-12(16)17)7-8-15-13(18)11(9-14)19-2/h10-11H,3-9,14H2,1-2H3,(H,15,18)(H,16,17). The number of rotatable bonds is 11. The van der Waals surface area contributed by atoms with Crippen LogP contribution in [0.5, 0.6) is 0 Å². The van der Waals surface area contributed by atoms with Gasteiger partial charge in [0.2, 0.25) is 5.91 Å². The van der Waals surface area contributed by atoms with E-state index >= 15 is 0 Å². The molecule has 0 heterocycles. The minimum absolute atomic E-state index is 0.153. The first-order valence-corrected chi connectivity index (χ1v) is 6.77. The molecule has 6 heteroatoms. The van der Waals surface area contributed by atoms with Gasteiger partial charge in [0, 0.05) is 26.6 Å². The van der Waals surface area contributed by atoms with Crippen LogP contribution in [0, 0.1) is 5.92 Å². The van der Waals surface area contributed by atoms with Crippen molar-refractivity contribution >= 4 is 11.9 Å². The van der Waals surface area contributed by atoms with Crippen LogP contribution in [0.1, 0.15) is 39.0 Å². The molecule has 0 aliphatic carbocycles. The van der Waals surface area contributed by atoms with E-state index < -0.39 is 12.1 Å². The van der Waals surface area contributed by atoms with Crippen molar-refractivity contribution in [1.82, 2.24) is 5.32 Å². The Kier molecular flexibility index (Phi) is 10.1. The van der Waals surface area contributed by atoms with Crippen LogP contribution in [0.4, 0.5) is 0 Å². The third kappa shape index (κ3) is 8.56. The lowest BCUT2D eigenvalue weighted by Crippen LogP contribution is -2.41. The third-order valence-corrected chi connectivity index (χ3v) is 3.11. The van der Waals surface area contributed by atoms with Crippen LogP contribution in [0.15, 0.2) is 0 Å². The van der Waals surface area contributed by atoms with Gasteiger partial charge >= 0.3 is 5.97 Å². The zero-order chi connectivity index (χ0) is 14.7. The highest BCUT2D eigenvalue weighted by molar-refractivity contribution is 5.80. The summed E-state index contributed by atoms with van der Waals surface area (Å²) in [7, 11) is 1.45. The summed E-state index contributed by atoms with van der Waals surface area (Å²) in [5.74, 6) is -0.647. The van der Waals surface area contributed by atoms with E-state index in [0.29, 0.717) is 18.9 Å². The summed E-state index contributed by atoms with van der Waals surface area (Å²) in [6, 6.07) is 0. The summed E-state index contributed by atoms with van der Waals surface area (Å²) in [5.41, 5.74) is 5.39. The first-order chi connectivity index (χ1) is 9.04. The van der Waals surface area contributed by atoms with Crippen molar-refractivity contribution in [1.29, 1.82) is 0 Å². The van der Waals surface area contributed by atoms with Gasteiger partial charge in [0.25, 0.3) is 0 Å². The van der Waals surface area contributed by atoms with Gasteiger partial charge in [0.1, 0.15) is 6.10 Å². The van der Waals surface area contributed by atoms with Crippen molar-refractivity contribution < 1.29 is 19.4 Å². The maximum absolute atomic E-state index is 11.6. The van der Waals surface area contributed by atoms with Crippen LogP contribution < -0.4 is 11.1 Å². The number of nitrogens with one attached hydrogen (secondary N) is 1. The normalized spacial score (nSPS) is 13.8. The molecule has 112 valence electrons. The van der Waals surface area contributed by atoms with Crippen molar-refractivity contribution in [2.75, 3.05) is 20.2 Å². The van der Waals surface area contributed by atoms with E-state index in [2.05, 4.69) is 12.2 Å². The average Bonchev–Trinajstić information content (AvgIpc) is 2.37. The van der Waals surface area contributed by atoms with Crippen LogP contribution in [0.2, 0.25) is 0 Å². The quantitative estimate of drug-likeness (QED) is 0.516. The highest BCUT2D eigenvalue weighted by Gasteiger charge is 2.16. The lowest BCUT2D eigenvalue weighted by Gasteiger charge is -2.17. The van der Waals surface area contributed by atoms with E-state index in [4.69, 9.17) is 15.6 Å². The number of amides is 1. The first kappa shape index (κ1) is 17.9. The fourth-order valence-corrected chi connectivity index (χ4v) is 1.99. The number of aliphatic carboxylic acids is 1. The molecule has 1 amide bonds. The number of carbonyl (C=O) groups excluding carboxylic acids is 1. The van der Waals surface area contributed by atoms with Gasteiger partial charge < -0.3 is 20.9 Å². The Balaban J connectivity index is 3.97. The average molecular weight is 274 g/mol. The number of carboxylic acid groups (broad SMARTS) is 1. The molecule has 0 saturated carbocycles. The second-order valence-electron chi connectivity index (χ2n) is 4.63. The fraction of sp³-hybridized carbons (Fsp3) is 0.846. The monoisotopic (exact) mass is 274 g/mol. The molecule has 2 atom stereocenters. The van der Waals surface area contributed by atoms with Crippen LogP contribution in [0.25, 0.3) is 0 Å². The van der Waals surface area contributed by atoms with Crippen molar-refractivity contribution in [2.45, 2.75) is 45.1 Å². The molecule has 0 aromatic heterocycles. The Morgan fingerprint density at radius 2 is 2.00 bits per heavy atom. The summed E-state index contributed by atoms with van der Waals surface area (Å²) in [5, 5.41) is 11.5. The number of methoxy groups -OCH3 is 1. The van der Waals surface area contributed by atoms with Gasteiger partial charge in [-0.05, 0) is 18.8 Å². The number of hydrogen-bond acceptors (Lipinski definition) is 4. The number of nitrogens with two attached hydrogens (primary N) is 1. The molecule has 0 bridgehead atoms. The zero-order valence-electron chi connectivity index (χ0n) is 11.9. The molecule has 6 nitrogen and oxygen atoms in total. The Morgan fingerprint density at radius 1 is 1.32 bits per heavy atom. The number of hydrogen-bond donors (Lipinski definition) is 3. The molecular formula is C13H26N2O4. The molecule has 0 rings (SSSR count). The van der Waals surface area contributed by atoms with Crippen molar-refractivity contribution in [3.8, 4) is 0 Å². The van der Waals surface area contributed by atoms with E-state index in [1.807, 2.05) is 0 Å². The zero-order valence-corrected chi connectivity index (χ0v) is 11.9. The van der Waals surface area contributed by atoms with Gasteiger partial charge in [-0.2, -0.15) is 0 Å². The summed E-state index contributed by atoms with van der Waals surface area (Å²) < 4.78 is 4.93. The Hall–Kier alpha value is -1.14. The topological polar surface area (TPSA) is 102 Å². The smallest absolute Gasteiger partial charge is 0.303 e. The number of ether oxygens (including phenoxy) is 1. The van der Waals surface area contributed by atoms with Crippen LogP contribution in [-0.2, 0) is 14.3 Å². The SMILES string of the molecule is CCCC(CCNC(=O)C(CN)OC)CCC(=O)O. The second kappa shape index (κ2) is 10.8. The highest BCUT2D eigenvalue weighted by Crippen LogP contribution is 2.17. The lowest BCUT2D eigenvalue weighted by molar-refractivity contribution is -0.137. The molecule has 0 aromatic rings. The third-order valence-electron chi connectivity index (χ3n) is 3.11. The van der Waals surface area contributed by atoms with Gasteiger partial charge in [-0.25, -0.2) is 0 Å². The molecule has 0 fully saturated rings. The molecule has 0 radical (unpaired) electrons. The van der Waals surface area contributed by atoms with Crippen LogP contribution in [-0.4, -0.2) is 43.3 Å². The summed E-state index contributed by atoms with van der Waals surface area (Å²) in [4.78, 5) is 22.2. The predicted molar refractivity (Wildman–Crippen MR) is 72.7 cm³/mol. The van der Waals surface area contributed by atoms with Crippen molar-refractivity contribution in [3.05, 3.63) is 0 Å². The minimum Gasteiger partial charge on any atom is -0.481 e. The van der Waals surface area contributed by atoms with Crippen LogP contribution in [0.3, 0.4) is 0 Å². The highest BCUT2D eigenvalue weighted by atomic mass is 16.5. The molecule has 2 unspecified atom stereocenters. The molecule has 0 spiro atoms. The van der Waals surface area contributed by atoms with Gasteiger partial charge in [-0.1, -0.05) is 19.8 Å². The molecule has 0 saturated heterocycles. The van der Waals surface area contributed by atoms with E-state index in [9.17, 15) is 9.59 Å². The van der Waals surface area contributed by atoms with E-state index in [1.54, 1.807) is 0 Å². The summed E-state index contributed by atoms with van der Waals surface area (Å²) in [6.45, 7) is 2.75. The van der Waals surface area contributed by atoms with E-state index in [-0.39, 0.29) is 18.9 Å². The van der Waals surface area contributed by atoms with E-state index in [1.165, 1.54) is 7.11 Å². The van der Waals surface area contributed by atoms with Gasteiger partial charge in [0.05, 0.1) is 0 Å². The summed E-state index contributed by atoms with van der Waals surface area (Å²) in [6.07, 6.45) is 3.01. The maximum atomic E-state index is 11.6. The van der Waals surface area contributed by atoms with Crippen molar-refractivity contribution in [3.63, 3.8) is 0 Å². The largest absolute Gasteiger partial charge is 0.481 e. The van der Waals surface area contributed by atoms with Gasteiger partial charge in [-0.15, -0.1) is 0 Å². The molecule has 0 aromatic carbocycles. The Bertz CT molecular complexity index is 267. The Labute approximate surface area is 114 Å². The van der Waals surface area contributed by atoms with Crippen molar-refractivity contribution in [2.24, 2.45) is 11.7 Å². The maximum Gasteiger partial charge on any atom is 0.303 e. The number of carboxylic acids is 1.